The molecule has 1 aromatic heterocycles. The van der Waals surface area contributed by atoms with Crippen LogP contribution in [0.5, 0.6) is 11.5 Å². The van der Waals surface area contributed by atoms with E-state index in [1.165, 1.54) is 23.8 Å². The van der Waals surface area contributed by atoms with Crippen LogP contribution in [0.15, 0.2) is 112 Å². The van der Waals surface area contributed by atoms with Gasteiger partial charge in [0.05, 0.1) is 47.7 Å². The highest BCUT2D eigenvalue weighted by Gasteiger charge is 2.35. The van der Waals surface area contributed by atoms with Crippen LogP contribution in [0.2, 0.25) is 0 Å². The summed E-state index contributed by atoms with van der Waals surface area (Å²) >= 11 is 1.16. The summed E-state index contributed by atoms with van der Waals surface area (Å²) in [6.45, 7) is 4.00. The Morgan fingerprint density at radius 3 is 2.26 bits per heavy atom. The number of aromatic nitrogens is 1. The Morgan fingerprint density at radius 2 is 1.58 bits per heavy atom. The molecule has 6 rings (SSSR count). The predicted molar refractivity (Wildman–Crippen MR) is 187 cm³/mol. The predicted octanol–water partition coefficient (Wildman–Crippen LogP) is 5.84. The number of para-hydroxylation sites is 1. The zero-order valence-electron chi connectivity index (χ0n) is 27.6. The first kappa shape index (κ1) is 34.1. The van der Waals surface area contributed by atoms with Gasteiger partial charge in [-0.05, 0) is 61.4 Å². The highest BCUT2D eigenvalue weighted by atomic mass is 32.1. The molecular formula is C39H33FN2O7S. The molecule has 0 saturated heterocycles. The van der Waals surface area contributed by atoms with Crippen LogP contribution in [0.4, 0.5) is 4.39 Å². The molecule has 0 saturated carbocycles. The number of carbonyl (C=O) groups excluding carboxylic acids is 2. The fourth-order valence-corrected chi connectivity index (χ4v) is 6.60. The first-order valence-electron chi connectivity index (χ1n) is 15.9. The van der Waals surface area contributed by atoms with Crippen LogP contribution in [0.1, 0.15) is 52.5 Å². The average Bonchev–Trinajstić information content (AvgIpc) is 3.45. The Balaban J connectivity index is 1.47. The summed E-state index contributed by atoms with van der Waals surface area (Å²) in [4.78, 5) is 45.3. The van der Waals surface area contributed by atoms with E-state index < -0.39 is 29.4 Å². The molecule has 1 atom stereocenters. The Bertz CT molecular complexity index is 2240. The minimum atomic E-state index is -0.943. The minimum absolute atomic E-state index is 0.110. The van der Waals surface area contributed by atoms with Crippen molar-refractivity contribution in [3.63, 3.8) is 0 Å². The number of hydrogen-bond donors (Lipinski definition) is 0. The Morgan fingerprint density at radius 1 is 0.880 bits per heavy atom. The third-order valence-corrected chi connectivity index (χ3v) is 8.91. The molecule has 0 aliphatic carbocycles. The summed E-state index contributed by atoms with van der Waals surface area (Å²) in [5.74, 6) is -0.623. The van der Waals surface area contributed by atoms with Gasteiger partial charge in [-0.3, -0.25) is 9.36 Å². The van der Waals surface area contributed by atoms with E-state index in [0.29, 0.717) is 48.8 Å². The quantitative estimate of drug-likeness (QED) is 0.160. The molecule has 11 heteroatoms. The molecule has 0 amide bonds. The van der Waals surface area contributed by atoms with Crippen LogP contribution >= 0.6 is 11.3 Å². The van der Waals surface area contributed by atoms with Gasteiger partial charge in [0.1, 0.15) is 12.4 Å². The van der Waals surface area contributed by atoms with Gasteiger partial charge in [0.15, 0.2) is 16.3 Å². The van der Waals surface area contributed by atoms with Crippen LogP contribution in [-0.4, -0.2) is 36.8 Å². The summed E-state index contributed by atoms with van der Waals surface area (Å²) in [6, 6.07) is 26.2. The van der Waals surface area contributed by atoms with Crippen molar-refractivity contribution in [2.24, 2.45) is 4.99 Å². The number of hydrogen-bond acceptors (Lipinski definition) is 9. The molecule has 0 fully saturated rings. The van der Waals surface area contributed by atoms with E-state index in [2.05, 4.69) is 0 Å². The first-order chi connectivity index (χ1) is 24.3. The molecule has 0 spiro atoms. The van der Waals surface area contributed by atoms with Gasteiger partial charge < -0.3 is 18.9 Å². The first-order valence-corrected chi connectivity index (χ1v) is 16.7. The number of nitrogens with zero attached hydrogens (tertiary/aromatic N) is 2. The van der Waals surface area contributed by atoms with E-state index in [0.717, 1.165) is 16.9 Å². The van der Waals surface area contributed by atoms with Gasteiger partial charge >= 0.3 is 11.9 Å². The molecular weight excluding hydrogens is 660 g/mol. The third-order valence-electron chi connectivity index (χ3n) is 7.92. The number of methoxy groups -OCH3 is 1. The third kappa shape index (κ3) is 6.99. The van der Waals surface area contributed by atoms with Crippen LogP contribution < -0.4 is 24.4 Å². The molecule has 0 radical (unpaired) electrons. The van der Waals surface area contributed by atoms with Gasteiger partial charge in [0.2, 0.25) is 0 Å². The van der Waals surface area contributed by atoms with Crippen LogP contribution in [0.3, 0.4) is 0 Å². The fourth-order valence-electron chi connectivity index (χ4n) is 5.61. The second-order valence-corrected chi connectivity index (χ2v) is 12.1. The van der Waals surface area contributed by atoms with Crippen LogP contribution in [0, 0.1) is 5.82 Å². The highest BCUT2D eigenvalue weighted by molar-refractivity contribution is 7.07. The van der Waals surface area contributed by atoms with E-state index in [-0.39, 0.29) is 25.4 Å². The minimum Gasteiger partial charge on any atom is -0.493 e. The molecule has 9 nitrogen and oxygen atoms in total. The van der Waals surface area contributed by atoms with E-state index in [9.17, 15) is 18.8 Å². The monoisotopic (exact) mass is 692 g/mol. The SMILES string of the molecule is CCOC(=O)C1=C(c2ccccc2)N=c2s/c(=C\c3cccc(OC)c3OCc3ccc(C(=O)OCC)cc3)c(=O)n2[C@H]1c1ccc(F)cc1. The van der Waals surface area contributed by atoms with E-state index >= 15 is 0 Å². The number of fused-ring (bicyclic) bond motifs is 1. The maximum atomic E-state index is 14.3. The van der Waals surface area contributed by atoms with Gasteiger partial charge in [-0.2, -0.15) is 0 Å². The van der Waals surface area contributed by atoms with Crippen LogP contribution in [-0.2, 0) is 20.9 Å². The van der Waals surface area contributed by atoms with Gasteiger partial charge in [0.25, 0.3) is 5.56 Å². The Labute approximate surface area is 291 Å². The lowest BCUT2D eigenvalue weighted by Gasteiger charge is -2.25. The lowest BCUT2D eigenvalue weighted by Crippen LogP contribution is -2.40. The Hall–Kier alpha value is -5.81. The second kappa shape index (κ2) is 15.2. The number of thiazole rings is 1. The largest absolute Gasteiger partial charge is 0.493 e. The van der Waals surface area contributed by atoms with Crippen molar-refractivity contribution < 1.29 is 32.9 Å². The summed E-state index contributed by atoms with van der Waals surface area (Å²) in [5, 5.41) is 0. The van der Waals surface area contributed by atoms with Crippen molar-refractivity contribution in [3.05, 3.63) is 156 Å². The molecule has 0 N–H and O–H groups in total. The molecule has 5 aromatic rings. The molecule has 0 unspecified atom stereocenters. The van der Waals surface area contributed by atoms with Crippen molar-refractivity contribution in [1.29, 1.82) is 0 Å². The highest BCUT2D eigenvalue weighted by Crippen LogP contribution is 2.36. The summed E-state index contributed by atoms with van der Waals surface area (Å²) in [7, 11) is 1.53. The van der Waals surface area contributed by atoms with Crippen molar-refractivity contribution >= 4 is 35.0 Å². The zero-order valence-corrected chi connectivity index (χ0v) is 28.4. The Kier molecular flexibility index (Phi) is 10.3. The molecule has 0 bridgehead atoms. The van der Waals surface area contributed by atoms with Crippen molar-refractivity contribution in [1.82, 2.24) is 4.57 Å². The van der Waals surface area contributed by atoms with Crippen molar-refractivity contribution in [2.45, 2.75) is 26.5 Å². The lowest BCUT2D eigenvalue weighted by molar-refractivity contribution is -0.138. The normalized spacial score (nSPS) is 14.1. The number of carbonyl (C=O) groups is 2. The van der Waals surface area contributed by atoms with Crippen LogP contribution in [0.25, 0.3) is 11.8 Å². The van der Waals surface area contributed by atoms with Gasteiger partial charge in [-0.25, -0.2) is 19.0 Å². The van der Waals surface area contributed by atoms with Gasteiger partial charge in [-0.15, -0.1) is 0 Å². The lowest BCUT2D eigenvalue weighted by atomic mass is 9.93. The van der Waals surface area contributed by atoms with Gasteiger partial charge in [-0.1, -0.05) is 78.1 Å². The number of ether oxygens (including phenoxy) is 4. The average molecular weight is 693 g/mol. The van der Waals surface area contributed by atoms with Gasteiger partial charge in [0, 0.05) is 11.1 Å². The molecule has 254 valence electrons. The fraction of sp³-hybridized carbons (Fsp3) is 0.179. The maximum absolute atomic E-state index is 14.3. The number of halogens is 1. The zero-order chi connectivity index (χ0) is 35.2. The van der Waals surface area contributed by atoms with E-state index in [1.54, 1.807) is 74.5 Å². The van der Waals surface area contributed by atoms with E-state index in [1.807, 2.05) is 30.3 Å². The van der Waals surface area contributed by atoms with E-state index in [4.69, 9.17) is 23.9 Å². The molecule has 2 heterocycles. The van der Waals surface area contributed by atoms with Crippen molar-refractivity contribution in [2.75, 3.05) is 20.3 Å². The maximum Gasteiger partial charge on any atom is 0.338 e. The number of esters is 2. The van der Waals surface area contributed by atoms with Crippen molar-refractivity contribution in [3.8, 4) is 11.5 Å². The standard InChI is InChI=1S/C39H33FN2O7S/c1-4-47-37(44)27-16-14-24(15-17-27)23-49-35-28(12-9-13-30(35)46-3)22-31-36(43)42-34(26-18-20-29(40)21-19-26)32(38(45)48-5-2)33(41-39(42)50-31)25-10-7-6-8-11-25/h6-22,34H,4-5,23H2,1-3H3/b31-22-/t34-/m0/s1. The molecule has 1 aliphatic heterocycles. The smallest absolute Gasteiger partial charge is 0.338 e. The number of benzene rings is 4. The molecule has 50 heavy (non-hydrogen) atoms. The molecule has 4 aromatic carbocycles. The molecule has 1 aliphatic rings. The summed E-state index contributed by atoms with van der Waals surface area (Å²) in [6.07, 6.45) is 1.70. The number of rotatable bonds is 11. The summed E-state index contributed by atoms with van der Waals surface area (Å²) < 4.78 is 38.3. The second-order valence-electron chi connectivity index (χ2n) is 11.1. The summed E-state index contributed by atoms with van der Waals surface area (Å²) in [5.41, 5.74) is 3.12. The topological polar surface area (TPSA) is 105 Å².